The first kappa shape index (κ1) is 14.4. The van der Waals surface area contributed by atoms with Gasteiger partial charge in [-0.25, -0.2) is 0 Å². The first-order chi connectivity index (χ1) is 9.99. The fourth-order valence-electron chi connectivity index (χ4n) is 3.07. The van der Waals surface area contributed by atoms with E-state index in [9.17, 15) is 13.2 Å². The van der Waals surface area contributed by atoms with E-state index in [0.29, 0.717) is 12.1 Å². The summed E-state index contributed by atoms with van der Waals surface area (Å²) in [6.45, 7) is -1.25. The number of benzene rings is 1. The Hall–Kier alpha value is -1.49. The molecule has 1 aromatic carbocycles. The summed E-state index contributed by atoms with van der Waals surface area (Å²) in [5.41, 5.74) is 2.36. The van der Waals surface area contributed by atoms with Crippen LogP contribution in [-0.2, 0) is 0 Å². The maximum Gasteiger partial charge on any atom is 0.422 e. The van der Waals surface area contributed by atoms with E-state index in [0.717, 1.165) is 18.4 Å². The molecule has 1 N–H and O–H groups in total. The smallest absolute Gasteiger partial charge is 0.422 e. The zero-order chi connectivity index (χ0) is 14.9. The average Bonchev–Trinajstić information content (AvgIpc) is 2.44. The second-order valence-electron chi connectivity index (χ2n) is 5.73. The highest BCUT2D eigenvalue weighted by molar-refractivity contribution is 5.68. The number of hydrogen-bond acceptors (Lipinski definition) is 2. The van der Waals surface area contributed by atoms with Crippen LogP contribution in [-0.4, -0.2) is 24.9 Å². The Morgan fingerprint density at radius 3 is 2.57 bits per heavy atom. The molecular weight excluding hydrogens is 279 g/mol. The highest BCUT2D eigenvalue weighted by Gasteiger charge is 2.28. The summed E-state index contributed by atoms with van der Waals surface area (Å²) in [5, 5.41) is 3.57. The molecule has 0 amide bonds. The number of halogens is 3. The standard InChI is InChI=1S/C16H18F3NO/c17-16(18,19)10-21-15-6-4-11(5-7-15)12-8-13-2-1-3-14(9-12)20-13/h4-8,13-14,20H,1-3,9-10H2. The molecule has 0 spiro atoms. The summed E-state index contributed by atoms with van der Waals surface area (Å²) in [5.74, 6) is 0.255. The van der Waals surface area contributed by atoms with Gasteiger partial charge in [0.1, 0.15) is 5.75 Å². The maximum absolute atomic E-state index is 12.1. The largest absolute Gasteiger partial charge is 0.484 e. The van der Waals surface area contributed by atoms with Crippen molar-refractivity contribution in [2.45, 2.75) is 43.9 Å². The highest BCUT2D eigenvalue weighted by atomic mass is 19.4. The van der Waals surface area contributed by atoms with Crippen molar-refractivity contribution in [3.63, 3.8) is 0 Å². The van der Waals surface area contributed by atoms with E-state index in [1.165, 1.54) is 18.4 Å². The Kier molecular flexibility index (Phi) is 3.93. The monoisotopic (exact) mass is 297 g/mol. The quantitative estimate of drug-likeness (QED) is 0.913. The molecule has 2 atom stereocenters. The minimum atomic E-state index is -4.30. The van der Waals surface area contributed by atoms with Gasteiger partial charge in [0, 0.05) is 12.1 Å². The number of ether oxygens (including phenoxy) is 1. The summed E-state index contributed by atoms with van der Waals surface area (Å²) in [6, 6.07) is 7.88. The Labute approximate surface area is 122 Å². The lowest BCUT2D eigenvalue weighted by atomic mass is 9.85. The predicted molar refractivity (Wildman–Crippen MR) is 75.1 cm³/mol. The lowest BCUT2D eigenvalue weighted by molar-refractivity contribution is -0.153. The number of alkyl halides is 3. The van der Waals surface area contributed by atoms with Crippen LogP contribution in [0.15, 0.2) is 30.3 Å². The molecule has 0 aliphatic carbocycles. The molecule has 0 saturated carbocycles. The molecule has 114 valence electrons. The second-order valence-corrected chi connectivity index (χ2v) is 5.73. The summed E-state index contributed by atoms with van der Waals surface area (Å²) < 4.78 is 41.0. The minimum absolute atomic E-state index is 0.255. The summed E-state index contributed by atoms with van der Waals surface area (Å²) >= 11 is 0. The molecule has 1 aromatic rings. The average molecular weight is 297 g/mol. The Morgan fingerprint density at radius 2 is 1.90 bits per heavy atom. The molecule has 2 nitrogen and oxygen atoms in total. The Balaban J connectivity index is 1.68. The fraction of sp³-hybridized carbons (Fsp3) is 0.500. The van der Waals surface area contributed by atoms with Gasteiger partial charge in [0.05, 0.1) is 0 Å². The van der Waals surface area contributed by atoms with E-state index < -0.39 is 12.8 Å². The van der Waals surface area contributed by atoms with E-state index in [1.54, 1.807) is 12.1 Å². The van der Waals surface area contributed by atoms with Crippen LogP contribution in [0.25, 0.3) is 5.57 Å². The normalized spacial score (nSPS) is 25.4. The van der Waals surface area contributed by atoms with Crippen LogP contribution in [0.5, 0.6) is 5.75 Å². The number of rotatable bonds is 3. The van der Waals surface area contributed by atoms with E-state index >= 15 is 0 Å². The molecule has 0 aromatic heterocycles. The first-order valence-corrected chi connectivity index (χ1v) is 7.26. The minimum Gasteiger partial charge on any atom is -0.484 e. The van der Waals surface area contributed by atoms with E-state index in [2.05, 4.69) is 11.4 Å². The van der Waals surface area contributed by atoms with E-state index in [4.69, 9.17) is 4.74 Å². The predicted octanol–water partition coefficient (Wildman–Crippen LogP) is 3.93. The van der Waals surface area contributed by atoms with Gasteiger partial charge in [0.2, 0.25) is 0 Å². The number of piperidine rings is 1. The van der Waals surface area contributed by atoms with Gasteiger partial charge < -0.3 is 10.1 Å². The Morgan fingerprint density at radius 1 is 1.14 bits per heavy atom. The SMILES string of the molecule is FC(F)(F)COc1ccc(C2=CC3CCCC(C2)N3)cc1. The van der Waals surface area contributed by atoms with Crippen molar-refractivity contribution in [3.05, 3.63) is 35.9 Å². The lowest BCUT2D eigenvalue weighted by Crippen LogP contribution is -2.44. The van der Waals surface area contributed by atoms with Crippen molar-refractivity contribution in [1.29, 1.82) is 0 Å². The van der Waals surface area contributed by atoms with Gasteiger partial charge in [0.25, 0.3) is 0 Å². The molecule has 0 radical (unpaired) electrons. The third-order valence-electron chi connectivity index (χ3n) is 4.01. The molecule has 2 heterocycles. The fourth-order valence-corrected chi connectivity index (χ4v) is 3.07. The van der Waals surface area contributed by atoms with Gasteiger partial charge >= 0.3 is 6.18 Å². The zero-order valence-electron chi connectivity index (χ0n) is 11.6. The van der Waals surface area contributed by atoms with Crippen molar-refractivity contribution >= 4 is 5.57 Å². The zero-order valence-corrected chi connectivity index (χ0v) is 11.6. The van der Waals surface area contributed by atoms with Crippen LogP contribution in [0, 0.1) is 0 Å². The van der Waals surface area contributed by atoms with Gasteiger partial charge in [0.15, 0.2) is 6.61 Å². The summed E-state index contributed by atoms with van der Waals surface area (Å²) in [7, 11) is 0. The van der Waals surface area contributed by atoms with Gasteiger partial charge in [-0.3, -0.25) is 0 Å². The van der Waals surface area contributed by atoms with Crippen molar-refractivity contribution < 1.29 is 17.9 Å². The molecule has 2 aliphatic heterocycles. The van der Waals surface area contributed by atoms with Crippen molar-refractivity contribution in [2.24, 2.45) is 0 Å². The van der Waals surface area contributed by atoms with E-state index in [1.807, 2.05) is 12.1 Å². The number of nitrogens with one attached hydrogen (secondary N) is 1. The molecule has 5 heteroatoms. The molecule has 2 bridgehead atoms. The van der Waals surface area contributed by atoms with E-state index in [-0.39, 0.29) is 5.75 Å². The summed E-state index contributed by atoms with van der Waals surface area (Å²) in [4.78, 5) is 0. The third kappa shape index (κ3) is 3.79. The molecule has 2 aliphatic rings. The van der Waals surface area contributed by atoms with Crippen LogP contribution in [0.2, 0.25) is 0 Å². The number of hydrogen-bond donors (Lipinski definition) is 1. The van der Waals surface area contributed by atoms with Crippen molar-refractivity contribution in [3.8, 4) is 5.75 Å². The van der Waals surface area contributed by atoms with Gasteiger partial charge in [-0.05, 0) is 42.5 Å². The topological polar surface area (TPSA) is 21.3 Å². The highest BCUT2D eigenvalue weighted by Crippen LogP contribution is 2.31. The molecule has 21 heavy (non-hydrogen) atoms. The maximum atomic E-state index is 12.1. The van der Waals surface area contributed by atoms with Crippen LogP contribution < -0.4 is 10.1 Å². The molecule has 1 saturated heterocycles. The van der Waals surface area contributed by atoms with Gasteiger partial charge in [-0.15, -0.1) is 0 Å². The van der Waals surface area contributed by atoms with Gasteiger partial charge in [-0.1, -0.05) is 24.6 Å². The first-order valence-electron chi connectivity index (χ1n) is 7.26. The van der Waals surface area contributed by atoms with Crippen molar-refractivity contribution in [2.75, 3.05) is 6.61 Å². The third-order valence-corrected chi connectivity index (χ3v) is 4.01. The summed E-state index contributed by atoms with van der Waals surface area (Å²) in [6.07, 6.45) is 2.55. The number of fused-ring (bicyclic) bond motifs is 2. The second kappa shape index (κ2) is 5.72. The van der Waals surface area contributed by atoms with Crippen LogP contribution >= 0.6 is 0 Å². The molecular formula is C16H18F3NO. The van der Waals surface area contributed by atoms with Crippen LogP contribution in [0.1, 0.15) is 31.2 Å². The molecule has 1 fully saturated rings. The van der Waals surface area contributed by atoms with Crippen molar-refractivity contribution in [1.82, 2.24) is 5.32 Å². The lowest BCUT2D eigenvalue weighted by Gasteiger charge is -2.35. The van der Waals surface area contributed by atoms with Gasteiger partial charge in [-0.2, -0.15) is 13.2 Å². The molecule has 3 rings (SSSR count). The Bertz CT molecular complexity index is 521. The van der Waals surface area contributed by atoms with Crippen LogP contribution in [0.3, 0.4) is 0 Å². The van der Waals surface area contributed by atoms with Crippen LogP contribution in [0.4, 0.5) is 13.2 Å². The molecule has 2 unspecified atom stereocenters.